The lowest BCUT2D eigenvalue weighted by molar-refractivity contribution is -0.137. The van der Waals surface area contributed by atoms with E-state index < -0.39 is 16.2 Å². The summed E-state index contributed by atoms with van der Waals surface area (Å²) >= 11 is 0. The van der Waals surface area contributed by atoms with Crippen LogP contribution >= 0.6 is 0 Å². The maximum absolute atomic E-state index is 12.7. The van der Waals surface area contributed by atoms with Gasteiger partial charge in [-0.1, -0.05) is 19.3 Å². The first kappa shape index (κ1) is 17.7. The highest BCUT2D eigenvalue weighted by Crippen LogP contribution is 2.25. The number of nitrogens with zero attached hydrogens (tertiary/aromatic N) is 3. The first-order chi connectivity index (χ1) is 10.4. The van der Waals surface area contributed by atoms with Gasteiger partial charge in [-0.05, 0) is 12.8 Å². The van der Waals surface area contributed by atoms with Crippen molar-refractivity contribution in [2.75, 3.05) is 39.8 Å². The Morgan fingerprint density at radius 2 is 1.73 bits per heavy atom. The van der Waals surface area contributed by atoms with E-state index in [-0.39, 0.29) is 12.5 Å². The molecule has 2 aliphatic rings. The van der Waals surface area contributed by atoms with Crippen LogP contribution in [0.25, 0.3) is 0 Å². The molecule has 1 saturated carbocycles. The van der Waals surface area contributed by atoms with Crippen molar-refractivity contribution in [1.82, 2.24) is 13.5 Å². The van der Waals surface area contributed by atoms with Crippen LogP contribution in [-0.2, 0) is 15.0 Å². The van der Waals surface area contributed by atoms with E-state index >= 15 is 0 Å². The highest BCUT2D eigenvalue weighted by atomic mass is 32.2. The molecular weight excluding hydrogens is 306 g/mol. The molecule has 0 unspecified atom stereocenters. The third-order valence-corrected chi connectivity index (χ3v) is 6.80. The van der Waals surface area contributed by atoms with E-state index in [1.165, 1.54) is 6.42 Å². The molecular formula is C14H27N3O4S. The Balaban J connectivity index is 1.87. The van der Waals surface area contributed by atoms with E-state index in [4.69, 9.17) is 5.11 Å². The van der Waals surface area contributed by atoms with Gasteiger partial charge in [0.05, 0.1) is 6.42 Å². The maximum Gasteiger partial charge on any atom is 0.304 e. The number of aliphatic carboxylic acids is 1. The van der Waals surface area contributed by atoms with Gasteiger partial charge in [-0.3, -0.25) is 4.79 Å². The molecule has 1 aliphatic carbocycles. The number of piperazine rings is 1. The molecule has 1 aliphatic heterocycles. The monoisotopic (exact) mass is 333 g/mol. The fourth-order valence-electron chi connectivity index (χ4n) is 3.25. The van der Waals surface area contributed by atoms with Gasteiger partial charge in [0, 0.05) is 45.8 Å². The summed E-state index contributed by atoms with van der Waals surface area (Å²) in [6, 6.07) is 0.129. The van der Waals surface area contributed by atoms with Gasteiger partial charge in [-0.25, -0.2) is 0 Å². The fraction of sp³-hybridized carbons (Fsp3) is 0.929. The van der Waals surface area contributed by atoms with Crippen LogP contribution in [0.1, 0.15) is 38.5 Å². The molecule has 2 rings (SSSR count). The first-order valence-corrected chi connectivity index (χ1v) is 9.48. The number of hydrogen-bond acceptors (Lipinski definition) is 4. The summed E-state index contributed by atoms with van der Waals surface area (Å²) in [5, 5.41) is 8.70. The van der Waals surface area contributed by atoms with Crippen molar-refractivity contribution in [2.24, 2.45) is 0 Å². The Labute approximate surface area is 133 Å². The second kappa shape index (κ2) is 7.72. The molecule has 8 heteroatoms. The molecule has 0 amide bonds. The predicted molar refractivity (Wildman–Crippen MR) is 83.8 cm³/mol. The van der Waals surface area contributed by atoms with Crippen molar-refractivity contribution >= 4 is 16.2 Å². The van der Waals surface area contributed by atoms with Crippen LogP contribution in [0.5, 0.6) is 0 Å². The summed E-state index contributed by atoms with van der Waals surface area (Å²) in [4.78, 5) is 12.6. The van der Waals surface area contributed by atoms with E-state index in [9.17, 15) is 13.2 Å². The van der Waals surface area contributed by atoms with Crippen LogP contribution in [0.15, 0.2) is 0 Å². The molecule has 0 aromatic rings. The lowest BCUT2D eigenvalue weighted by Gasteiger charge is -2.38. The Hall–Kier alpha value is -0.700. The van der Waals surface area contributed by atoms with Gasteiger partial charge in [0.15, 0.2) is 0 Å². The van der Waals surface area contributed by atoms with Crippen LogP contribution < -0.4 is 0 Å². The highest BCUT2D eigenvalue weighted by molar-refractivity contribution is 7.86. The molecule has 22 heavy (non-hydrogen) atoms. The van der Waals surface area contributed by atoms with E-state index in [1.54, 1.807) is 15.7 Å². The molecule has 0 bridgehead atoms. The lowest BCUT2D eigenvalue weighted by Crippen LogP contribution is -2.54. The number of carboxylic acid groups (broad SMARTS) is 1. The minimum atomic E-state index is -3.39. The first-order valence-electron chi connectivity index (χ1n) is 8.08. The number of carboxylic acids is 1. The smallest absolute Gasteiger partial charge is 0.304 e. The van der Waals surface area contributed by atoms with E-state index in [2.05, 4.69) is 0 Å². The Kier molecular flexibility index (Phi) is 6.19. The predicted octanol–water partition coefficient (Wildman–Crippen LogP) is 0.588. The van der Waals surface area contributed by atoms with Crippen LogP contribution in [-0.4, -0.2) is 78.8 Å². The summed E-state index contributed by atoms with van der Waals surface area (Å²) in [6.45, 7) is 2.58. The van der Waals surface area contributed by atoms with E-state index in [0.29, 0.717) is 32.7 Å². The standard InChI is InChI=1S/C14H27N3O4S/c1-15(13-5-3-2-4-6-13)22(20,21)17-11-9-16(10-12-17)8-7-14(18)19/h13H,2-12H2,1H3,(H,18,19). The molecule has 0 aromatic carbocycles. The van der Waals surface area contributed by atoms with E-state index in [1.807, 2.05) is 4.90 Å². The normalized spacial score (nSPS) is 23.0. The van der Waals surface area contributed by atoms with Crippen molar-refractivity contribution in [3.63, 3.8) is 0 Å². The quantitative estimate of drug-likeness (QED) is 0.769. The number of carbonyl (C=O) groups is 1. The van der Waals surface area contributed by atoms with Gasteiger partial charge >= 0.3 is 5.97 Å². The van der Waals surface area contributed by atoms with E-state index in [0.717, 1.165) is 25.7 Å². The largest absolute Gasteiger partial charge is 0.481 e. The SMILES string of the molecule is CN(C1CCCCC1)S(=O)(=O)N1CCN(CCC(=O)O)CC1. The third-order valence-electron chi connectivity index (χ3n) is 4.75. The molecule has 7 nitrogen and oxygen atoms in total. The van der Waals surface area contributed by atoms with Crippen LogP contribution in [0, 0.1) is 0 Å². The summed E-state index contributed by atoms with van der Waals surface area (Å²) < 4.78 is 28.5. The second-order valence-electron chi connectivity index (χ2n) is 6.20. The Morgan fingerprint density at radius 3 is 2.27 bits per heavy atom. The Morgan fingerprint density at radius 1 is 1.14 bits per heavy atom. The molecule has 1 saturated heterocycles. The maximum atomic E-state index is 12.7. The number of rotatable bonds is 6. The molecule has 1 heterocycles. The second-order valence-corrected chi connectivity index (χ2v) is 8.19. The average Bonchev–Trinajstić information content (AvgIpc) is 2.53. The molecule has 128 valence electrons. The summed E-state index contributed by atoms with van der Waals surface area (Å²) in [5.41, 5.74) is 0. The van der Waals surface area contributed by atoms with Crippen molar-refractivity contribution in [3.05, 3.63) is 0 Å². The van der Waals surface area contributed by atoms with Gasteiger partial charge in [-0.15, -0.1) is 0 Å². The number of hydrogen-bond donors (Lipinski definition) is 1. The van der Waals surface area contributed by atoms with Crippen molar-refractivity contribution in [2.45, 2.75) is 44.6 Å². The molecule has 0 aromatic heterocycles. The zero-order valence-corrected chi connectivity index (χ0v) is 14.1. The van der Waals surface area contributed by atoms with Gasteiger partial charge < -0.3 is 10.0 Å². The van der Waals surface area contributed by atoms with Crippen LogP contribution in [0.4, 0.5) is 0 Å². The fourth-order valence-corrected chi connectivity index (χ4v) is 4.83. The lowest BCUT2D eigenvalue weighted by atomic mass is 9.96. The Bertz CT molecular complexity index is 468. The van der Waals surface area contributed by atoms with Gasteiger partial charge in [-0.2, -0.15) is 17.0 Å². The van der Waals surface area contributed by atoms with Crippen molar-refractivity contribution in [1.29, 1.82) is 0 Å². The van der Waals surface area contributed by atoms with Gasteiger partial charge in [0.25, 0.3) is 10.2 Å². The molecule has 0 spiro atoms. The van der Waals surface area contributed by atoms with Gasteiger partial charge in [0.1, 0.15) is 0 Å². The van der Waals surface area contributed by atoms with Crippen molar-refractivity contribution < 1.29 is 18.3 Å². The van der Waals surface area contributed by atoms with Crippen molar-refractivity contribution in [3.8, 4) is 0 Å². The topological polar surface area (TPSA) is 81.2 Å². The molecule has 1 N–H and O–H groups in total. The zero-order valence-electron chi connectivity index (χ0n) is 13.3. The minimum absolute atomic E-state index is 0.106. The molecule has 0 atom stereocenters. The summed E-state index contributed by atoms with van der Waals surface area (Å²) in [7, 11) is -1.70. The molecule has 0 radical (unpaired) electrons. The summed E-state index contributed by atoms with van der Waals surface area (Å²) in [6.07, 6.45) is 5.42. The highest BCUT2D eigenvalue weighted by Gasteiger charge is 2.34. The minimum Gasteiger partial charge on any atom is -0.481 e. The third kappa shape index (κ3) is 4.41. The van der Waals surface area contributed by atoms with Gasteiger partial charge in [0.2, 0.25) is 0 Å². The summed E-state index contributed by atoms with van der Waals surface area (Å²) in [5.74, 6) is -0.813. The zero-order chi connectivity index (χ0) is 16.2. The van der Waals surface area contributed by atoms with Crippen LogP contribution in [0.2, 0.25) is 0 Å². The van der Waals surface area contributed by atoms with Crippen LogP contribution in [0.3, 0.4) is 0 Å². The average molecular weight is 333 g/mol. The molecule has 2 fully saturated rings.